The van der Waals surface area contributed by atoms with Crippen LogP contribution in [0, 0.1) is 12.3 Å². The van der Waals surface area contributed by atoms with Gasteiger partial charge in [-0.3, -0.25) is 5.41 Å². The Morgan fingerprint density at radius 3 is 2.87 bits per heavy atom. The van der Waals surface area contributed by atoms with E-state index in [1.165, 1.54) is 0 Å². The second-order valence-corrected chi connectivity index (χ2v) is 3.35. The van der Waals surface area contributed by atoms with Crippen molar-refractivity contribution in [3.8, 4) is 5.69 Å². The fourth-order valence-corrected chi connectivity index (χ4v) is 1.61. The van der Waals surface area contributed by atoms with E-state index in [2.05, 4.69) is 4.98 Å². The van der Waals surface area contributed by atoms with Gasteiger partial charge in [-0.05, 0) is 18.6 Å². The summed E-state index contributed by atoms with van der Waals surface area (Å²) >= 11 is 0. The molecule has 0 fully saturated rings. The van der Waals surface area contributed by atoms with E-state index in [1.54, 1.807) is 12.5 Å². The van der Waals surface area contributed by atoms with Gasteiger partial charge in [0.2, 0.25) is 0 Å². The third-order valence-corrected chi connectivity index (χ3v) is 2.29. The van der Waals surface area contributed by atoms with Crippen LogP contribution < -0.4 is 5.73 Å². The van der Waals surface area contributed by atoms with E-state index < -0.39 is 0 Å². The molecule has 0 unspecified atom stereocenters. The molecular formula is C11H12N4. The molecule has 3 N–H and O–H groups in total. The lowest BCUT2D eigenvalue weighted by Gasteiger charge is -2.11. The minimum absolute atomic E-state index is 0.0717. The molecular weight excluding hydrogens is 188 g/mol. The Labute approximate surface area is 87.9 Å². The van der Waals surface area contributed by atoms with Crippen LogP contribution in [0.1, 0.15) is 11.1 Å². The maximum atomic E-state index is 7.52. The predicted molar refractivity (Wildman–Crippen MR) is 59.3 cm³/mol. The molecule has 4 heteroatoms. The van der Waals surface area contributed by atoms with Gasteiger partial charge in [0, 0.05) is 18.0 Å². The molecule has 15 heavy (non-hydrogen) atoms. The number of nitrogens with zero attached hydrogens (tertiary/aromatic N) is 2. The van der Waals surface area contributed by atoms with Gasteiger partial charge in [0.1, 0.15) is 5.84 Å². The number of aryl methyl sites for hydroxylation is 1. The fourth-order valence-electron chi connectivity index (χ4n) is 1.61. The van der Waals surface area contributed by atoms with Crippen LogP contribution in [-0.4, -0.2) is 15.4 Å². The fraction of sp³-hybridized carbons (Fsp3) is 0.0909. The molecule has 1 heterocycles. The van der Waals surface area contributed by atoms with Crippen molar-refractivity contribution >= 4 is 5.84 Å². The molecule has 2 rings (SSSR count). The number of hydrogen-bond donors (Lipinski definition) is 2. The van der Waals surface area contributed by atoms with Gasteiger partial charge in [0.25, 0.3) is 0 Å². The van der Waals surface area contributed by atoms with Gasteiger partial charge in [-0.2, -0.15) is 0 Å². The number of imidazole rings is 1. The van der Waals surface area contributed by atoms with E-state index >= 15 is 0 Å². The largest absolute Gasteiger partial charge is 0.384 e. The number of rotatable bonds is 2. The first-order valence-corrected chi connectivity index (χ1v) is 4.62. The second-order valence-electron chi connectivity index (χ2n) is 3.35. The van der Waals surface area contributed by atoms with Gasteiger partial charge >= 0.3 is 0 Å². The average molecular weight is 200 g/mol. The third-order valence-electron chi connectivity index (χ3n) is 2.29. The van der Waals surface area contributed by atoms with Crippen molar-refractivity contribution in [3.05, 3.63) is 48.0 Å². The number of benzene rings is 1. The van der Waals surface area contributed by atoms with E-state index in [-0.39, 0.29) is 5.84 Å². The molecule has 0 radical (unpaired) electrons. The molecule has 4 nitrogen and oxygen atoms in total. The zero-order valence-corrected chi connectivity index (χ0v) is 8.44. The summed E-state index contributed by atoms with van der Waals surface area (Å²) in [6.45, 7) is 1.99. The number of nitrogen functional groups attached to an aromatic ring is 1. The van der Waals surface area contributed by atoms with Crippen molar-refractivity contribution in [2.75, 3.05) is 0 Å². The maximum Gasteiger partial charge on any atom is 0.124 e. The summed E-state index contributed by atoms with van der Waals surface area (Å²) < 4.78 is 1.87. The van der Waals surface area contributed by atoms with Crippen LogP contribution in [0.5, 0.6) is 0 Å². The number of nitrogens with two attached hydrogens (primary N) is 1. The van der Waals surface area contributed by atoms with E-state index in [0.717, 1.165) is 16.8 Å². The Morgan fingerprint density at radius 1 is 1.47 bits per heavy atom. The molecule has 1 aromatic carbocycles. The number of amidine groups is 1. The van der Waals surface area contributed by atoms with Crippen LogP contribution in [0.4, 0.5) is 0 Å². The van der Waals surface area contributed by atoms with Crippen LogP contribution in [0.25, 0.3) is 5.69 Å². The highest BCUT2D eigenvalue weighted by Gasteiger charge is 2.08. The summed E-state index contributed by atoms with van der Waals surface area (Å²) in [6.07, 6.45) is 5.25. The van der Waals surface area contributed by atoms with Crippen molar-refractivity contribution in [1.82, 2.24) is 9.55 Å². The van der Waals surface area contributed by atoms with Gasteiger partial charge in [-0.25, -0.2) is 4.98 Å². The van der Waals surface area contributed by atoms with E-state index in [1.807, 2.05) is 35.9 Å². The lowest BCUT2D eigenvalue weighted by Crippen LogP contribution is -2.15. The topological polar surface area (TPSA) is 67.7 Å². The Kier molecular flexibility index (Phi) is 2.25. The van der Waals surface area contributed by atoms with E-state index in [0.29, 0.717) is 0 Å². The monoisotopic (exact) mass is 200 g/mol. The summed E-state index contributed by atoms with van der Waals surface area (Å²) in [7, 11) is 0. The van der Waals surface area contributed by atoms with Gasteiger partial charge in [-0.1, -0.05) is 12.1 Å². The van der Waals surface area contributed by atoms with Gasteiger partial charge in [-0.15, -0.1) is 0 Å². The van der Waals surface area contributed by atoms with E-state index in [4.69, 9.17) is 11.1 Å². The zero-order valence-electron chi connectivity index (χ0n) is 8.44. The molecule has 0 atom stereocenters. The number of nitrogens with one attached hydrogen (secondary N) is 1. The van der Waals surface area contributed by atoms with Crippen molar-refractivity contribution in [1.29, 1.82) is 5.41 Å². The minimum atomic E-state index is 0.0717. The summed E-state index contributed by atoms with van der Waals surface area (Å²) in [6, 6.07) is 5.72. The first-order valence-electron chi connectivity index (χ1n) is 4.62. The lowest BCUT2D eigenvalue weighted by molar-refractivity contribution is 1.03. The molecule has 76 valence electrons. The summed E-state index contributed by atoms with van der Waals surface area (Å²) in [5.74, 6) is 0.0717. The Morgan fingerprint density at radius 2 is 2.27 bits per heavy atom. The second kappa shape index (κ2) is 3.57. The Balaban J connectivity index is 2.68. The molecule has 0 aliphatic carbocycles. The average Bonchev–Trinajstić information content (AvgIpc) is 2.70. The van der Waals surface area contributed by atoms with Crippen LogP contribution in [0.2, 0.25) is 0 Å². The maximum absolute atomic E-state index is 7.52. The number of hydrogen-bond acceptors (Lipinski definition) is 2. The molecule has 0 aliphatic heterocycles. The van der Waals surface area contributed by atoms with Crippen molar-refractivity contribution in [2.24, 2.45) is 5.73 Å². The highest BCUT2D eigenvalue weighted by Crippen LogP contribution is 2.18. The molecule has 0 bridgehead atoms. The highest BCUT2D eigenvalue weighted by molar-refractivity contribution is 5.98. The van der Waals surface area contributed by atoms with E-state index in [9.17, 15) is 0 Å². The lowest BCUT2D eigenvalue weighted by atomic mass is 10.1. The standard InChI is InChI=1S/C11H12N4/c1-8-3-2-4-9(11(12)13)10(8)15-6-5-14-7-15/h2-7H,1H3,(H3,12,13). The van der Waals surface area contributed by atoms with Crippen molar-refractivity contribution in [2.45, 2.75) is 6.92 Å². The first-order chi connectivity index (χ1) is 7.20. The van der Waals surface area contributed by atoms with Gasteiger partial charge in [0.05, 0.1) is 12.0 Å². The Hall–Kier alpha value is -2.10. The summed E-state index contributed by atoms with van der Waals surface area (Å²) in [5.41, 5.74) is 8.26. The molecule has 1 aromatic heterocycles. The molecule has 0 aliphatic rings. The Bertz CT molecular complexity index is 485. The summed E-state index contributed by atoms with van der Waals surface area (Å²) in [5, 5.41) is 7.52. The summed E-state index contributed by atoms with van der Waals surface area (Å²) in [4.78, 5) is 3.99. The molecule has 0 saturated carbocycles. The smallest absolute Gasteiger partial charge is 0.124 e. The van der Waals surface area contributed by atoms with Crippen molar-refractivity contribution < 1.29 is 0 Å². The SMILES string of the molecule is Cc1cccc(C(=N)N)c1-n1ccnc1. The minimum Gasteiger partial charge on any atom is -0.384 e. The van der Waals surface area contributed by atoms with Crippen LogP contribution in [-0.2, 0) is 0 Å². The molecule has 2 aromatic rings. The van der Waals surface area contributed by atoms with Crippen LogP contribution in [0.3, 0.4) is 0 Å². The molecule has 0 spiro atoms. The quantitative estimate of drug-likeness (QED) is 0.569. The molecule has 0 amide bonds. The normalized spacial score (nSPS) is 10.2. The van der Waals surface area contributed by atoms with Crippen molar-refractivity contribution in [3.63, 3.8) is 0 Å². The van der Waals surface area contributed by atoms with Crippen LogP contribution in [0.15, 0.2) is 36.9 Å². The zero-order chi connectivity index (χ0) is 10.8. The van der Waals surface area contributed by atoms with Gasteiger partial charge in [0.15, 0.2) is 0 Å². The third kappa shape index (κ3) is 1.61. The highest BCUT2D eigenvalue weighted by atomic mass is 15.0. The molecule has 0 saturated heterocycles. The van der Waals surface area contributed by atoms with Crippen LogP contribution >= 0.6 is 0 Å². The predicted octanol–water partition coefficient (Wildman–Crippen LogP) is 1.46. The number of aromatic nitrogens is 2. The van der Waals surface area contributed by atoms with Gasteiger partial charge < -0.3 is 10.3 Å². The first kappa shape index (κ1) is 9.45. The number of para-hydroxylation sites is 1.